The molecule has 5 nitrogen and oxygen atoms in total. The minimum absolute atomic E-state index is 0.387. The Labute approximate surface area is 113 Å². The van der Waals surface area contributed by atoms with Crippen LogP contribution in [-0.4, -0.2) is 41.7 Å². The molecule has 0 bridgehead atoms. The van der Waals surface area contributed by atoms with E-state index in [4.69, 9.17) is 4.74 Å². The second kappa shape index (κ2) is 8.02. The third-order valence-corrected chi connectivity index (χ3v) is 3.29. The zero-order chi connectivity index (χ0) is 13.4. The van der Waals surface area contributed by atoms with Crippen LogP contribution in [-0.2, 0) is 0 Å². The number of anilines is 2. The molecule has 1 rings (SSSR count). The maximum atomic E-state index is 5.40. The highest BCUT2D eigenvalue weighted by atomic mass is 32.2. The van der Waals surface area contributed by atoms with E-state index in [9.17, 15) is 0 Å². The van der Waals surface area contributed by atoms with Gasteiger partial charge in [0.05, 0.1) is 7.11 Å². The Morgan fingerprint density at radius 3 is 2.61 bits per heavy atom. The van der Waals surface area contributed by atoms with Crippen LogP contribution in [0.1, 0.15) is 20.3 Å². The van der Waals surface area contributed by atoms with Gasteiger partial charge in [0.15, 0.2) is 11.6 Å². The fourth-order valence-corrected chi connectivity index (χ4v) is 2.34. The van der Waals surface area contributed by atoms with Crippen molar-refractivity contribution in [2.75, 3.05) is 36.3 Å². The number of nitrogens with one attached hydrogen (secondary N) is 2. The van der Waals surface area contributed by atoms with Crippen molar-refractivity contribution >= 4 is 23.4 Å². The van der Waals surface area contributed by atoms with E-state index in [-0.39, 0.29) is 0 Å². The number of methoxy groups -OCH3 is 1. The lowest BCUT2D eigenvalue weighted by atomic mass is 10.2. The molecule has 0 radical (unpaired) electrons. The average molecular weight is 270 g/mol. The lowest BCUT2D eigenvalue weighted by Crippen LogP contribution is -2.22. The van der Waals surface area contributed by atoms with Crippen molar-refractivity contribution in [1.82, 2.24) is 9.97 Å². The lowest BCUT2D eigenvalue weighted by Gasteiger charge is -2.19. The molecule has 0 aromatic carbocycles. The first-order chi connectivity index (χ1) is 8.76. The van der Waals surface area contributed by atoms with Crippen LogP contribution < -0.4 is 15.4 Å². The molecule has 0 aliphatic rings. The monoisotopic (exact) mass is 270 g/mol. The fourth-order valence-electron chi connectivity index (χ4n) is 1.62. The van der Waals surface area contributed by atoms with Crippen molar-refractivity contribution in [1.29, 1.82) is 0 Å². The smallest absolute Gasteiger partial charge is 0.204 e. The molecule has 2 N–H and O–H groups in total. The van der Waals surface area contributed by atoms with Crippen molar-refractivity contribution in [2.45, 2.75) is 26.3 Å². The van der Waals surface area contributed by atoms with Crippen molar-refractivity contribution in [2.24, 2.45) is 0 Å². The average Bonchev–Trinajstić information content (AvgIpc) is 2.39. The topological polar surface area (TPSA) is 59.1 Å². The summed E-state index contributed by atoms with van der Waals surface area (Å²) >= 11 is 1.82. The number of hydrogen-bond donors (Lipinski definition) is 2. The van der Waals surface area contributed by atoms with Crippen molar-refractivity contribution in [3.8, 4) is 5.75 Å². The van der Waals surface area contributed by atoms with Gasteiger partial charge < -0.3 is 15.4 Å². The Hall–Kier alpha value is -1.17. The van der Waals surface area contributed by atoms with E-state index in [1.807, 2.05) is 18.7 Å². The molecule has 1 unspecified atom stereocenters. The first-order valence-electron chi connectivity index (χ1n) is 6.15. The summed E-state index contributed by atoms with van der Waals surface area (Å²) in [5, 5.41) is 6.58. The highest BCUT2D eigenvalue weighted by Gasteiger charge is 2.14. The molecule has 0 saturated heterocycles. The van der Waals surface area contributed by atoms with Crippen molar-refractivity contribution in [3.05, 3.63) is 6.33 Å². The molecule has 1 aromatic rings. The number of aromatic nitrogens is 2. The summed E-state index contributed by atoms with van der Waals surface area (Å²) in [5.41, 5.74) is 0. The predicted molar refractivity (Wildman–Crippen MR) is 78.8 cm³/mol. The van der Waals surface area contributed by atoms with E-state index in [2.05, 4.69) is 33.8 Å². The van der Waals surface area contributed by atoms with Gasteiger partial charge in [0, 0.05) is 18.3 Å². The number of rotatable bonds is 8. The van der Waals surface area contributed by atoms with Gasteiger partial charge in [-0.05, 0) is 19.6 Å². The van der Waals surface area contributed by atoms with E-state index in [0.29, 0.717) is 11.8 Å². The summed E-state index contributed by atoms with van der Waals surface area (Å²) in [5.74, 6) is 3.21. The van der Waals surface area contributed by atoms with Gasteiger partial charge in [-0.1, -0.05) is 6.92 Å². The van der Waals surface area contributed by atoms with Crippen molar-refractivity contribution in [3.63, 3.8) is 0 Å². The molecular weight excluding hydrogens is 248 g/mol. The van der Waals surface area contributed by atoms with Crippen LogP contribution >= 0.6 is 11.8 Å². The van der Waals surface area contributed by atoms with Crippen LogP contribution in [0.15, 0.2) is 6.33 Å². The molecule has 102 valence electrons. The van der Waals surface area contributed by atoms with Crippen LogP contribution in [0.3, 0.4) is 0 Å². The third kappa shape index (κ3) is 3.94. The molecular formula is C12H22N4OS. The Kier molecular flexibility index (Phi) is 6.64. The quantitative estimate of drug-likeness (QED) is 0.757. The molecule has 1 heterocycles. The van der Waals surface area contributed by atoms with Gasteiger partial charge in [0.2, 0.25) is 5.75 Å². The summed E-state index contributed by atoms with van der Waals surface area (Å²) in [7, 11) is 1.64. The van der Waals surface area contributed by atoms with Gasteiger partial charge in [-0.15, -0.1) is 0 Å². The largest absolute Gasteiger partial charge is 0.490 e. The summed E-state index contributed by atoms with van der Waals surface area (Å²) < 4.78 is 5.40. The summed E-state index contributed by atoms with van der Waals surface area (Å²) in [6, 6.07) is 0.387. The van der Waals surface area contributed by atoms with E-state index in [1.54, 1.807) is 13.4 Å². The maximum absolute atomic E-state index is 5.40. The second-order valence-corrected chi connectivity index (χ2v) is 4.75. The molecule has 0 aliphatic carbocycles. The van der Waals surface area contributed by atoms with Crippen LogP contribution in [0.2, 0.25) is 0 Å². The third-order valence-electron chi connectivity index (χ3n) is 2.55. The highest BCUT2D eigenvalue weighted by molar-refractivity contribution is 7.98. The van der Waals surface area contributed by atoms with Gasteiger partial charge in [0.1, 0.15) is 6.33 Å². The molecule has 0 saturated carbocycles. The minimum Gasteiger partial charge on any atom is -0.490 e. The van der Waals surface area contributed by atoms with Crippen LogP contribution in [0.25, 0.3) is 0 Å². The van der Waals surface area contributed by atoms with E-state index >= 15 is 0 Å². The first kappa shape index (κ1) is 14.9. The van der Waals surface area contributed by atoms with Crippen molar-refractivity contribution < 1.29 is 4.74 Å². The standard InChI is InChI=1S/C12H22N4OS/c1-5-9(7-18-4)16-12-10(17-3)11(13-6-2)14-8-15-12/h8-9H,5-7H2,1-4H3,(H2,13,14,15,16). The summed E-state index contributed by atoms with van der Waals surface area (Å²) in [6.07, 6.45) is 4.70. The van der Waals surface area contributed by atoms with Gasteiger partial charge >= 0.3 is 0 Å². The Morgan fingerprint density at radius 2 is 2.06 bits per heavy atom. The van der Waals surface area contributed by atoms with E-state index < -0.39 is 0 Å². The minimum atomic E-state index is 0.387. The molecule has 0 aliphatic heterocycles. The number of ether oxygens (including phenoxy) is 1. The first-order valence-corrected chi connectivity index (χ1v) is 7.54. The molecule has 0 fully saturated rings. The summed E-state index contributed by atoms with van der Waals surface area (Å²) in [6.45, 7) is 4.98. The second-order valence-electron chi connectivity index (χ2n) is 3.84. The van der Waals surface area contributed by atoms with E-state index in [0.717, 1.165) is 30.4 Å². The van der Waals surface area contributed by atoms with Crippen LogP contribution in [0.4, 0.5) is 11.6 Å². The van der Waals surface area contributed by atoms with Gasteiger partial charge in [-0.3, -0.25) is 0 Å². The summed E-state index contributed by atoms with van der Waals surface area (Å²) in [4.78, 5) is 8.45. The normalized spacial score (nSPS) is 12.0. The maximum Gasteiger partial charge on any atom is 0.204 e. The Balaban J connectivity index is 2.89. The lowest BCUT2D eigenvalue weighted by molar-refractivity contribution is 0.414. The fraction of sp³-hybridized carbons (Fsp3) is 0.667. The van der Waals surface area contributed by atoms with Crippen LogP contribution in [0.5, 0.6) is 5.75 Å². The van der Waals surface area contributed by atoms with E-state index in [1.165, 1.54) is 0 Å². The number of hydrogen-bond acceptors (Lipinski definition) is 6. The molecule has 0 spiro atoms. The molecule has 1 atom stereocenters. The Bertz CT molecular complexity index is 362. The Morgan fingerprint density at radius 1 is 1.33 bits per heavy atom. The highest BCUT2D eigenvalue weighted by Crippen LogP contribution is 2.29. The van der Waals surface area contributed by atoms with Crippen LogP contribution in [0, 0.1) is 0 Å². The zero-order valence-electron chi connectivity index (χ0n) is 11.5. The molecule has 6 heteroatoms. The molecule has 18 heavy (non-hydrogen) atoms. The molecule has 1 aromatic heterocycles. The van der Waals surface area contributed by atoms with Gasteiger partial charge in [-0.2, -0.15) is 11.8 Å². The SMILES string of the molecule is CCNc1ncnc(NC(CC)CSC)c1OC. The predicted octanol–water partition coefficient (Wildman–Crippen LogP) is 2.47. The molecule has 0 amide bonds. The van der Waals surface area contributed by atoms with Gasteiger partial charge in [0.25, 0.3) is 0 Å². The zero-order valence-corrected chi connectivity index (χ0v) is 12.3. The van der Waals surface area contributed by atoms with Gasteiger partial charge in [-0.25, -0.2) is 9.97 Å². The number of nitrogens with zero attached hydrogens (tertiary/aromatic N) is 2. The number of thioether (sulfide) groups is 1.